The lowest BCUT2D eigenvalue weighted by molar-refractivity contribution is -0.144. The fraction of sp³-hybridized carbons (Fsp3) is 0.714. The van der Waals surface area contributed by atoms with Gasteiger partial charge in [-0.2, -0.15) is 13.2 Å². The van der Waals surface area contributed by atoms with E-state index in [2.05, 4.69) is 15.3 Å². The van der Waals surface area contributed by atoms with E-state index in [9.17, 15) is 13.2 Å². The molecule has 0 bridgehead atoms. The summed E-state index contributed by atoms with van der Waals surface area (Å²) in [4.78, 5) is 9.03. The Morgan fingerprint density at radius 1 is 1.19 bits per heavy atom. The number of halogens is 3. The summed E-state index contributed by atoms with van der Waals surface area (Å²) in [5.74, 6) is -0.590. The summed E-state index contributed by atoms with van der Waals surface area (Å²) < 4.78 is 38.8. The first kappa shape index (κ1) is 17.5. The van der Waals surface area contributed by atoms with Crippen LogP contribution in [0.15, 0.2) is 6.07 Å². The van der Waals surface area contributed by atoms with Gasteiger partial charge in [-0.3, -0.25) is 0 Å². The van der Waals surface area contributed by atoms with E-state index >= 15 is 0 Å². The molecule has 0 aliphatic carbocycles. The van der Waals surface area contributed by atoms with Crippen molar-refractivity contribution in [3.05, 3.63) is 11.9 Å². The molecule has 0 amide bonds. The van der Waals surface area contributed by atoms with Crippen LogP contribution in [0, 0.1) is 0 Å². The van der Waals surface area contributed by atoms with Gasteiger partial charge in [0, 0.05) is 25.7 Å². The Bertz CT molecular complexity index is 444. The molecule has 7 heteroatoms. The second-order valence-corrected chi connectivity index (χ2v) is 4.94. The number of anilines is 2. The van der Waals surface area contributed by atoms with Crippen molar-refractivity contribution in [2.45, 2.75) is 52.3 Å². The Morgan fingerprint density at radius 2 is 1.81 bits per heavy atom. The first-order chi connectivity index (χ1) is 9.83. The molecule has 0 unspecified atom stereocenters. The molecule has 0 aromatic carbocycles. The normalized spacial score (nSPS) is 11.8. The molecule has 0 radical (unpaired) electrons. The van der Waals surface area contributed by atoms with Crippen LogP contribution in [-0.4, -0.2) is 29.6 Å². The van der Waals surface area contributed by atoms with Gasteiger partial charge in [-0.25, -0.2) is 9.97 Å². The molecule has 1 rings (SSSR count). The van der Waals surface area contributed by atoms with Gasteiger partial charge >= 0.3 is 6.18 Å². The van der Waals surface area contributed by atoms with Crippen molar-refractivity contribution in [3.8, 4) is 0 Å². The number of hydrogen-bond donors (Lipinski definition) is 1. The van der Waals surface area contributed by atoms with Crippen molar-refractivity contribution in [1.29, 1.82) is 0 Å². The summed E-state index contributed by atoms with van der Waals surface area (Å²) in [7, 11) is 1.77. The predicted molar refractivity (Wildman–Crippen MR) is 78.6 cm³/mol. The van der Waals surface area contributed by atoms with E-state index in [1.54, 1.807) is 18.0 Å². The monoisotopic (exact) mass is 304 g/mol. The van der Waals surface area contributed by atoms with Crippen LogP contribution in [0.25, 0.3) is 0 Å². The van der Waals surface area contributed by atoms with Crippen molar-refractivity contribution < 1.29 is 13.2 Å². The van der Waals surface area contributed by atoms with Crippen molar-refractivity contribution >= 4 is 11.6 Å². The third-order valence-electron chi connectivity index (χ3n) is 3.37. The van der Waals surface area contributed by atoms with Gasteiger partial charge in [0.1, 0.15) is 11.6 Å². The highest BCUT2D eigenvalue weighted by molar-refractivity contribution is 5.50. The summed E-state index contributed by atoms with van der Waals surface area (Å²) in [6.07, 6.45) is -2.05. The van der Waals surface area contributed by atoms with Crippen molar-refractivity contribution in [2.75, 3.05) is 23.8 Å². The largest absolute Gasteiger partial charge is 0.451 e. The van der Waals surface area contributed by atoms with E-state index in [-0.39, 0.29) is 11.9 Å². The lowest BCUT2D eigenvalue weighted by Crippen LogP contribution is -2.32. The third kappa shape index (κ3) is 4.75. The maximum absolute atomic E-state index is 12.9. The average Bonchev–Trinajstić information content (AvgIpc) is 2.45. The Morgan fingerprint density at radius 3 is 2.29 bits per heavy atom. The molecule has 0 aliphatic rings. The summed E-state index contributed by atoms with van der Waals surface area (Å²) in [5, 5.41) is 2.90. The molecule has 0 saturated carbocycles. The minimum atomic E-state index is -4.55. The molecule has 0 spiro atoms. The first-order valence-corrected chi connectivity index (χ1v) is 7.26. The Labute approximate surface area is 123 Å². The quantitative estimate of drug-likeness (QED) is 0.828. The van der Waals surface area contributed by atoms with Crippen LogP contribution in [0.2, 0.25) is 0 Å². The van der Waals surface area contributed by atoms with E-state index < -0.39 is 12.0 Å². The SMILES string of the molecule is CCCNc1cc(N(C)C(CC)CC)nc(C(F)(F)F)n1. The zero-order valence-electron chi connectivity index (χ0n) is 13.0. The molecule has 0 atom stereocenters. The molecular weight excluding hydrogens is 281 g/mol. The van der Waals surface area contributed by atoms with Gasteiger partial charge in [-0.05, 0) is 19.3 Å². The number of alkyl halides is 3. The zero-order chi connectivity index (χ0) is 16.0. The molecule has 1 aromatic heterocycles. The second-order valence-electron chi connectivity index (χ2n) is 4.94. The highest BCUT2D eigenvalue weighted by Crippen LogP contribution is 2.29. The average molecular weight is 304 g/mol. The van der Waals surface area contributed by atoms with Crippen LogP contribution in [-0.2, 0) is 6.18 Å². The van der Waals surface area contributed by atoms with Gasteiger partial charge in [0.15, 0.2) is 0 Å². The van der Waals surface area contributed by atoms with Crippen LogP contribution in [0.1, 0.15) is 45.9 Å². The fourth-order valence-electron chi connectivity index (χ4n) is 2.11. The van der Waals surface area contributed by atoms with Gasteiger partial charge in [0.2, 0.25) is 5.82 Å². The molecule has 1 aromatic rings. The molecule has 1 N–H and O–H groups in total. The predicted octanol–water partition coefficient (Wildman–Crippen LogP) is 3.94. The van der Waals surface area contributed by atoms with Crippen molar-refractivity contribution in [2.24, 2.45) is 0 Å². The smallest absolute Gasteiger partial charge is 0.370 e. The third-order valence-corrected chi connectivity index (χ3v) is 3.37. The van der Waals surface area contributed by atoms with Gasteiger partial charge in [-0.1, -0.05) is 20.8 Å². The lowest BCUT2D eigenvalue weighted by Gasteiger charge is -2.28. The highest BCUT2D eigenvalue weighted by Gasteiger charge is 2.36. The fourth-order valence-corrected chi connectivity index (χ4v) is 2.11. The van der Waals surface area contributed by atoms with E-state index in [4.69, 9.17) is 0 Å². The highest BCUT2D eigenvalue weighted by atomic mass is 19.4. The van der Waals surface area contributed by atoms with Crippen molar-refractivity contribution in [1.82, 2.24) is 9.97 Å². The number of hydrogen-bond acceptors (Lipinski definition) is 4. The van der Waals surface area contributed by atoms with Gasteiger partial charge in [0.05, 0.1) is 0 Å². The van der Waals surface area contributed by atoms with Crippen LogP contribution < -0.4 is 10.2 Å². The second kappa shape index (κ2) is 7.47. The number of aromatic nitrogens is 2. The maximum atomic E-state index is 12.9. The number of rotatable bonds is 7. The van der Waals surface area contributed by atoms with Gasteiger partial charge < -0.3 is 10.2 Å². The summed E-state index contributed by atoms with van der Waals surface area (Å²) in [5.41, 5.74) is 0. The maximum Gasteiger partial charge on any atom is 0.451 e. The van der Waals surface area contributed by atoms with E-state index in [1.807, 2.05) is 20.8 Å². The Balaban J connectivity index is 3.17. The molecule has 0 fully saturated rings. The van der Waals surface area contributed by atoms with Crippen LogP contribution in [0.5, 0.6) is 0 Å². The molecule has 1 heterocycles. The van der Waals surface area contributed by atoms with E-state index in [1.165, 1.54) is 0 Å². The van der Waals surface area contributed by atoms with E-state index in [0.29, 0.717) is 12.4 Å². The molecule has 4 nitrogen and oxygen atoms in total. The zero-order valence-corrected chi connectivity index (χ0v) is 13.0. The van der Waals surface area contributed by atoms with Crippen molar-refractivity contribution in [3.63, 3.8) is 0 Å². The van der Waals surface area contributed by atoms with Crippen LogP contribution in [0.4, 0.5) is 24.8 Å². The van der Waals surface area contributed by atoms with Gasteiger partial charge in [0.25, 0.3) is 0 Å². The standard InChI is InChI=1S/C14H23F3N4/c1-5-8-18-11-9-12(21(4)10(6-2)7-3)20-13(19-11)14(15,16)17/h9-10H,5-8H2,1-4H3,(H,18,19,20). The number of nitrogens with one attached hydrogen (secondary N) is 1. The first-order valence-electron chi connectivity index (χ1n) is 7.26. The summed E-state index contributed by atoms with van der Waals surface area (Å²) in [6.45, 7) is 6.53. The molecule has 120 valence electrons. The minimum Gasteiger partial charge on any atom is -0.370 e. The minimum absolute atomic E-state index is 0.153. The molecule has 21 heavy (non-hydrogen) atoms. The molecule has 0 aliphatic heterocycles. The Hall–Kier alpha value is -1.53. The summed E-state index contributed by atoms with van der Waals surface area (Å²) in [6, 6.07) is 1.73. The van der Waals surface area contributed by atoms with Crippen LogP contribution in [0.3, 0.4) is 0 Å². The lowest BCUT2D eigenvalue weighted by atomic mass is 10.1. The Kier molecular flexibility index (Phi) is 6.23. The topological polar surface area (TPSA) is 41.0 Å². The van der Waals surface area contributed by atoms with E-state index in [0.717, 1.165) is 19.3 Å². The number of nitrogens with zero attached hydrogens (tertiary/aromatic N) is 3. The van der Waals surface area contributed by atoms with Crippen LogP contribution >= 0.6 is 0 Å². The van der Waals surface area contributed by atoms with Gasteiger partial charge in [-0.15, -0.1) is 0 Å². The molecule has 0 saturated heterocycles. The summed E-state index contributed by atoms with van der Waals surface area (Å²) >= 11 is 0. The molecular formula is C14H23F3N4.